The number of nitrogens with two attached hydrogens (primary N) is 1. The molecule has 172 valence electrons. The summed E-state index contributed by atoms with van der Waals surface area (Å²) in [5, 5.41) is 11.3. The van der Waals surface area contributed by atoms with E-state index in [0.717, 1.165) is 36.0 Å². The van der Waals surface area contributed by atoms with E-state index in [1.165, 1.54) is 10.9 Å². The van der Waals surface area contributed by atoms with Gasteiger partial charge in [-0.05, 0) is 67.8 Å². The van der Waals surface area contributed by atoms with Crippen molar-refractivity contribution in [1.82, 2.24) is 25.9 Å². The molecule has 8 nitrogen and oxygen atoms in total. The molecule has 33 heavy (non-hydrogen) atoms. The van der Waals surface area contributed by atoms with Crippen molar-refractivity contribution in [2.24, 2.45) is 5.92 Å². The highest BCUT2D eigenvalue weighted by molar-refractivity contribution is 5.89. The van der Waals surface area contributed by atoms with Crippen LogP contribution < -0.4 is 21.7 Å². The van der Waals surface area contributed by atoms with Crippen molar-refractivity contribution in [3.8, 4) is 0 Å². The molecule has 3 heterocycles. The maximum atomic E-state index is 12.8. The van der Waals surface area contributed by atoms with Crippen LogP contribution in [0.1, 0.15) is 30.2 Å². The molecule has 0 saturated carbocycles. The van der Waals surface area contributed by atoms with Gasteiger partial charge in [-0.25, -0.2) is 4.98 Å². The van der Waals surface area contributed by atoms with E-state index in [1.807, 2.05) is 37.5 Å². The number of anilines is 1. The fourth-order valence-electron chi connectivity index (χ4n) is 4.35. The summed E-state index contributed by atoms with van der Waals surface area (Å²) in [5.41, 5.74) is 8.60. The van der Waals surface area contributed by atoms with Crippen LogP contribution in [-0.4, -0.2) is 40.4 Å². The number of pyridine rings is 2. The fourth-order valence-corrected chi connectivity index (χ4v) is 4.35. The summed E-state index contributed by atoms with van der Waals surface area (Å²) < 4.78 is 0. The number of aryl methyl sites for hydroxylation is 1. The third-order valence-electron chi connectivity index (χ3n) is 6.24. The lowest BCUT2D eigenvalue weighted by atomic mass is 9.93. The molecule has 1 aliphatic heterocycles. The van der Waals surface area contributed by atoms with E-state index in [9.17, 15) is 9.59 Å². The van der Waals surface area contributed by atoms with Crippen LogP contribution in [0.3, 0.4) is 0 Å². The van der Waals surface area contributed by atoms with Gasteiger partial charge in [0.25, 0.3) is 0 Å². The van der Waals surface area contributed by atoms with Crippen LogP contribution in [0.5, 0.6) is 0 Å². The van der Waals surface area contributed by atoms with E-state index in [-0.39, 0.29) is 17.9 Å². The number of nitrogen functional groups attached to an aromatic ring is 1. The molecule has 0 bridgehead atoms. The quantitative estimate of drug-likeness (QED) is 0.440. The first kappa shape index (κ1) is 22.7. The van der Waals surface area contributed by atoms with E-state index in [0.29, 0.717) is 18.3 Å². The van der Waals surface area contributed by atoms with Crippen molar-refractivity contribution in [3.63, 3.8) is 0 Å². The molecule has 1 aromatic carbocycles. The third-order valence-corrected chi connectivity index (χ3v) is 6.24. The Morgan fingerprint density at radius 1 is 1.21 bits per heavy atom. The summed E-state index contributed by atoms with van der Waals surface area (Å²) in [6, 6.07) is 10.9. The van der Waals surface area contributed by atoms with Gasteiger partial charge in [-0.3, -0.25) is 14.6 Å². The van der Waals surface area contributed by atoms with Crippen LogP contribution in [0, 0.1) is 12.8 Å². The third kappa shape index (κ3) is 5.46. The number of benzene rings is 1. The number of fused-ring (bicyclic) bond motifs is 1. The normalized spacial score (nSPS) is 18.7. The standard InChI is InChI=1S/C25H30N6O2/c1-15-19(6-7-23(26)30-15)14-29-24(32)16(2)31-25(33)22-11-17(12-28-22)10-18-4-3-5-20-13-27-9-8-21(18)20/h3-9,13,16-17,22,28H,10-12,14H2,1-2H3,(H2,26,30)(H,29,32)(H,31,33)/t16-,17-,22+/m0/s1. The molecule has 1 aliphatic rings. The molecule has 0 aliphatic carbocycles. The average molecular weight is 447 g/mol. The van der Waals surface area contributed by atoms with Gasteiger partial charge >= 0.3 is 0 Å². The van der Waals surface area contributed by atoms with Gasteiger partial charge < -0.3 is 21.7 Å². The molecule has 8 heteroatoms. The molecule has 1 fully saturated rings. The molecule has 5 N–H and O–H groups in total. The van der Waals surface area contributed by atoms with Gasteiger partial charge in [-0.15, -0.1) is 0 Å². The lowest BCUT2D eigenvalue weighted by molar-refractivity contribution is -0.129. The highest BCUT2D eigenvalue weighted by Crippen LogP contribution is 2.24. The minimum atomic E-state index is -0.633. The Bertz CT molecular complexity index is 1160. The van der Waals surface area contributed by atoms with E-state index < -0.39 is 6.04 Å². The van der Waals surface area contributed by atoms with Crippen molar-refractivity contribution < 1.29 is 9.59 Å². The number of nitrogens with one attached hydrogen (secondary N) is 3. The van der Waals surface area contributed by atoms with Gasteiger partial charge in [0.05, 0.1) is 6.04 Å². The highest BCUT2D eigenvalue weighted by Gasteiger charge is 2.31. The maximum absolute atomic E-state index is 12.8. The van der Waals surface area contributed by atoms with Crippen LogP contribution >= 0.6 is 0 Å². The fraction of sp³-hybridized carbons (Fsp3) is 0.360. The molecule has 0 unspecified atom stereocenters. The van der Waals surface area contributed by atoms with Crippen molar-refractivity contribution in [3.05, 3.63) is 65.6 Å². The molecule has 0 radical (unpaired) electrons. The zero-order valence-electron chi connectivity index (χ0n) is 19.0. The van der Waals surface area contributed by atoms with Crippen molar-refractivity contribution in [2.45, 2.75) is 45.3 Å². The minimum Gasteiger partial charge on any atom is -0.384 e. The molecule has 3 atom stereocenters. The first-order valence-corrected chi connectivity index (χ1v) is 11.3. The van der Waals surface area contributed by atoms with Gasteiger partial charge in [0.1, 0.15) is 11.9 Å². The number of rotatable bonds is 7. The number of hydrogen-bond acceptors (Lipinski definition) is 6. The summed E-state index contributed by atoms with van der Waals surface area (Å²) >= 11 is 0. The Labute approximate surface area is 193 Å². The second-order valence-electron chi connectivity index (χ2n) is 8.71. The second-order valence-corrected chi connectivity index (χ2v) is 8.71. The largest absolute Gasteiger partial charge is 0.384 e. The maximum Gasteiger partial charge on any atom is 0.242 e. The molecular weight excluding hydrogens is 416 g/mol. The van der Waals surface area contributed by atoms with E-state index in [4.69, 9.17) is 5.73 Å². The lowest BCUT2D eigenvalue weighted by Gasteiger charge is -2.17. The Balaban J connectivity index is 1.27. The van der Waals surface area contributed by atoms with Crippen LogP contribution in [0.25, 0.3) is 10.8 Å². The minimum absolute atomic E-state index is 0.146. The first-order valence-electron chi connectivity index (χ1n) is 11.3. The highest BCUT2D eigenvalue weighted by atomic mass is 16.2. The Kier molecular flexibility index (Phi) is 6.84. The summed E-state index contributed by atoms with van der Waals surface area (Å²) in [7, 11) is 0. The predicted octanol–water partition coefficient (Wildman–Crippen LogP) is 1.86. The van der Waals surface area contributed by atoms with Crippen molar-refractivity contribution in [2.75, 3.05) is 12.3 Å². The van der Waals surface area contributed by atoms with Crippen molar-refractivity contribution in [1.29, 1.82) is 0 Å². The van der Waals surface area contributed by atoms with E-state index in [1.54, 1.807) is 13.0 Å². The number of hydrogen-bond donors (Lipinski definition) is 4. The van der Waals surface area contributed by atoms with Crippen LogP contribution in [0.15, 0.2) is 48.8 Å². The monoisotopic (exact) mass is 446 g/mol. The second kappa shape index (κ2) is 9.95. The van der Waals surface area contributed by atoms with E-state index >= 15 is 0 Å². The van der Waals surface area contributed by atoms with Gasteiger partial charge in [0.15, 0.2) is 0 Å². The molecular formula is C25H30N6O2. The summed E-state index contributed by atoms with van der Waals surface area (Å²) in [6.45, 7) is 4.64. The first-order chi connectivity index (χ1) is 15.9. The van der Waals surface area contributed by atoms with E-state index in [2.05, 4.69) is 38.1 Å². The number of carbonyl (C=O) groups excluding carboxylic acids is 2. The number of aromatic nitrogens is 2. The van der Waals surface area contributed by atoms with Gasteiger partial charge in [0, 0.05) is 30.0 Å². The van der Waals surface area contributed by atoms with Gasteiger partial charge in [0.2, 0.25) is 11.8 Å². The van der Waals surface area contributed by atoms with Crippen molar-refractivity contribution >= 4 is 28.4 Å². The summed E-state index contributed by atoms with van der Waals surface area (Å²) in [4.78, 5) is 33.6. The molecule has 2 amide bonds. The molecule has 3 aromatic rings. The number of amides is 2. The molecule has 2 aromatic heterocycles. The SMILES string of the molecule is Cc1nc(N)ccc1CNC(=O)[C@H](C)NC(=O)[C@H]1C[C@H](Cc2cccc3cnccc23)CN1. The number of carbonyl (C=O) groups is 2. The smallest absolute Gasteiger partial charge is 0.242 e. The lowest BCUT2D eigenvalue weighted by Crippen LogP contribution is -2.50. The van der Waals surface area contributed by atoms with Gasteiger partial charge in [-0.2, -0.15) is 0 Å². The molecule has 4 rings (SSSR count). The van der Waals surface area contributed by atoms with Crippen LogP contribution in [0.4, 0.5) is 5.82 Å². The van der Waals surface area contributed by atoms with Crippen LogP contribution in [0.2, 0.25) is 0 Å². The predicted molar refractivity (Wildman–Crippen MR) is 128 cm³/mol. The summed E-state index contributed by atoms with van der Waals surface area (Å²) in [5.74, 6) is 0.416. The summed E-state index contributed by atoms with van der Waals surface area (Å²) in [6.07, 6.45) is 5.31. The number of nitrogens with zero attached hydrogens (tertiary/aromatic N) is 2. The Morgan fingerprint density at radius 3 is 2.88 bits per heavy atom. The van der Waals surface area contributed by atoms with Crippen LogP contribution in [-0.2, 0) is 22.6 Å². The average Bonchev–Trinajstić information content (AvgIpc) is 3.27. The zero-order chi connectivity index (χ0) is 23.4. The molecule has 1 saturated heterocycles. The van der Waals surface area contributed by atoms with Gasteiger partial charge in [-0.1, -0.05) is 24.3 Å². The molecule has 0 spiro atoms. The topological polar surface area (TPSA) is 122 Å². The Morgan fingerprint density at radius 2 is 2.06 bits per heavy atom. The Hall–Kier alpha value is -3.52. The zero-order valence-corrected chi connectivity index (χ0v) is 19.0.